The molecule has 0 aromatic carbocycles. The molecule has 0 saturated heterocycles. The molecule has 0 aliphatic rings. The van der Waals surface area contributed by atoms with Crippen LogP contribution in [0.15, 0.2) is 0 Å². The van der Waals surface area contributed by atoms with Crippen molar-refractivity contribution < 1.29 is 8.42 Å². The number of nitrogens with zero attached hydrogens (tertiary/aromatic N) is 2. The third kappa shape index (κ3) is 3.94. The van der Waals surface area contributed by atoms with Crippen molar-refractivity contribution in [2.24, 2.45) is 5.92 Å². The average Bonchev–Trinajstić information content (AvgIpc) is 2.13. The van der Waals surface area contributed by atoms with Gasteiger partial charge in [-0.3, -0.25) is 0 Å². The van der Waals surface area contributed by atoms with Crippen molar-refractivity contribution >= 4 is 21.6 Å². The first-order valence-electron chi connectivity index (χ1n) is 3.91. The van der Waals surface area contributed by atoms with E-state index in [1.54, 1.807) is 13.8 Å². The molecular formula is C7H13ClN2O2S. The largest absolute Gasteiger partial charge is 0.228 e. The average molecular weight is 225 g/mol. The molecule has 1 atom stereocenters. The van der Waals surface area contributed by atoms with E-state index in [0.29, 0.717) is 6.54 Å². The van der Waals surface area contributed by atoms with Gasteiger partial charge in [0.15, 0.2) is 0 Å². The SMILES string of the molecule is CCN(CC(C)C#N)S(=O)(=O)CCl. The summed E-state index contributed by atoms with van der Waals surface area (Å²) in [4.78, 5) is 0. The van der Waals surface area contributed by atoms with Crippen LogP contribution >= 0.6 is 11.6 Å². The van der Waals surface area contributed by atoms with Crippen LogP contribution in [0.3, 0.4) is 0 Å². The van der Waals surface area contributed by atoms with Crippen LogP contribution in [0.25, 0.3) is 0 Å². The van der Waals surface area contributed by atoms with Gasteiger partial charge in [0.1, 0.15) is 5.21 Å². The molecule has 0 aromatic rings. The van der Waals surface area contributed by atoms with Crippen LogP contribution in [0, 0.1) is 17.2 Å². The van der Waals surface area contributed by atoms with Crippen molar-refractivity contribution in [1.82, 2.24) is 4.31 Å². The van der Waals surface area contributed by atoms with E-state index in [2.05, 4.69) is 0 Å². The zero-order chi connectivity index (χ0) is 10.5. The number of nitriles is 1. The standard InChI is InChI=1S/C7H13ClN2O2S/c1-3-10(5-7(2)4-9)13(11,12)6-8/h7H,3,5-6H2,1-2H3. The molecule has 1 unspecified atom stereocenters. The van der Waals surface area contributed by atoms with Gasteiger partial charge >= 0.3 is 0 Å². The van der Waals surface area contributed by atoms with E-state index < -0.39 is 15.2 Å². The van der Waals surface area contributed by atoms with E-state index >= 15 is 0 Å². The fraction of sp³-hybridized carbons (Fsp3) is 0.857. The lowest BCUT2D eigenvalue weighted by atomic mass is 10.2. The molecule has 4 nitrogen and oxygen atoms in total. The lowest BCUT2D eigenvalue weighted by Crippen LogP contribution is -2.34. The summed E-state index contributed by atoms with van der Waals surface area (Å²) < 4.78 is 23.7. The van der Waals surface area contributed by atoms with Crippen LogP contribution in [0.5, 0.6) is 0 Å². The zero-order valence-electron chi connectivity index (χ0n) is 7.70. The summed E-state index contributed by atoms with van der Waals surface area (Å²) in [5.74, 6) is -0.307. The zero-order valence-corrected chi connectivity index (χ0v) is 9.27. The Bertz CT molecular complexity index is 283. The Balaban J connectivity index is 4.47. The molecule has 0 spiro atoms. The Morgan fingerprint density at radius 1 is 1.62 bits per heavy atom. The van der Waals surface area contributed by atoms with Crippen molar-refractivity contribution in [2.45, 2.75) is 13.8 Å². The summed E-state index contributed by atoms with van der Waals surface area (Å²) in [6.07, 6.45) is 0. The number of rotatable bonds is 5. The number of alkyl halides is 1. The van der Waals surface area contributed by atoms with Crippen LogP contribution in [0.1, 0.15) is 13.8 Å². The maximum atomic E-state index is 11.3. The van der Waals surface area contributed by atoms with Gasteiger partial charge in [0.25, 0.3) is 0 Å². The van der Waals surface area contributed by atoms with Crippen molar-refractivity contribution in [3.8, 4) is 6.07 Å². The molecule has 0 bridgehead atoms. The van der Waals surface area contributed by atoms with Gasteiger partial charge in [-0.05, 0) is 6.92 Å². The topological polar surface area (TPSA) is 61.2 Å². The van der Waals surface area contributed by atoms with Gasteiger partial charge in [0, 0.05) is 13.1 Å². The van der Waals surface area contributed by atoms with Crippen molar-refractivity contribution in [1.29, 1.82) is 5.26 Å². The van der Waals surface area contributed by atoms with E-state index in [4.69, 9.17) is 16.9 Å². The molecule has 0 aromatic heterocycles. The van der Waals surface area contributed by atoms with Crippen LogP contribution in [0.4, 0.5) is 0 Å². The maximum Gasteiger partial charge on any atom is 0.228 e. The highest BCUT2D eigenvalue weighted by molar-refractivity contribution is 7.90. The molecule has 0 fully saturated rings. The molecule has 0 radical (unpaired) electrons. The van der Waals surface area contributed by atoms with Crippen LogP contribution in [0.2, 0.25) is 0 Å². The molecule has 0 N–H and O–H groups in total. The third-order valence-electron chi connectivity index (χ3n) is 1.58. The fourth-order valence-corrected chi connectivity index (χ4v) is 2.25. The van der Waals surface area contributed by atoms with Crippen molar-refractivity contribution in [3.05, 3.63) is 0 Å². The summed E-state index contributed by atoms with van der Waals surface area (Å²) in [7, 11) is -3.37. The molecule has 6 heteroatoms. The fourth-order valence-electron chi connectivity index (χ4n) is 0.855. The molecule has 0 aliphatic heterocycles. The molecule has 0 aliphatic carbocycles. The van der Waals surface area contributed by atoms with Crippen molar-refractivity contribution in [2.75, 3.05) is 18.3 Å². The lowest BCUT2D eigenvalue weighted by Gasteiger charge is -2.19. The first kappa shape index (κ1) is 12.7. The molecule has 0 amide bonds. The number of halogens is 1. The van der Waals surface area contributed by atoms with Crippen LogP contribution < -0.4 is 0 Å². The van der Waals surface area contributed by atoms with E-state index in [0.717, 1.165) is 0 Å². The quantitative estimate of drug-likeness (QED) is 0.655. The third-order valence-corrected chi connectivity index (χ3v) is 3.88. The minimum absolute atomic E-state index is 0.210. The first-order valence-corrected chi connectivity index (χ1v) is 6.05. The monoisotopic (exact) mass is 224 g/mol. The molecule has 0 rings (SSSR count). The highest BCUT2D eigenvalue weighted by Gasteiger charge is 2.20. The minimum atomic E-state index is -3.37. The molecule has 76 valence electrons. The highest BCUT2D eigenvalue weighted by atomic mass is 35.5. The van der Waals surface area contributed by atoms with Gasteiger partial charge in [-0.1, -0.05) is 6.92 Å². The summed E-state index contributed by atoms with van der Waals surface area (Å²) >= 11 is 5.28. The number of sulfonamides is 1. The second-order valence-corrected chi connectivity index (χ2v) is 5.25. The Labute approximate surface area is 84.1 Å². The Morgan fingerprint density at radius 3 is 2.46 bits per heavy atom. The Hall–Kier alpha value is -0.310. The predicted molar refractivity (Wildman–Crippen MR) is 51.7 cm³/mol. The number of hydrogen-bond donors (Lipinski definition) is 0. The van der Waals surface area contributed by atoms with Gasteiger partial charge in [0.05, 0.1) is 12.0 Å². The smallest absolute Gasteiger partial charge is 0.211 e. The highest BCUT2D eigenvalue weighted by Crippen LogP contribution is 2.06. The van der Waals surface area contributed by atoms with Gasteiger partial charge in [0.2, 0.25) is 10.0 Å². The van der Waals surface area contributed by atoms with Gasteiger partial charge in [-0.2, -0.15) is 9.57 Å². The van der Waals surface area contributed by atoms with Crippen LogP contribution in [-0.2, 0) is 10.0 Å². The van der Waals surface area contributed by atoms with E-state index in [1.807, 2.05) is 6.07 Å². The second-order valence-electron chi connectivity index (χ2n) is 2.70. The predicted octanol–water partition coefficient (Wildman–Crippen LogP) is 0.994. The number of hydrogen-bond acceptors (Lipinski definition) is 3. The molecule has 13 heavy (non-hydrogen) atoms. The minimum Gasteiger partial charge on any atom is -0.211 e. The second kappa shape index (κ2) is 5.43. The summed E-state index contributed by atoms with van der Waals surface area (Å²) in [6, 6.07) is 1.98. The Kier molecular flexibility index (Phi) is 5.30. The van der Waals surface area contributed by atoms with Gasteiger partial charge in [-0.25, -0.2) is 8.42 Å². The van der Waals surface area contributed by atoms with Crippen molar-refractivity contribution in [3.63, 3.8) is 0 Å². The van der Waals surface area contributed by atoms with Crippen LogP contribution in [-0.4, -0.2) is 31.0 Å². The van der Waals surface area contributed by atoms with E-state index in [-0.39, 0.29) is 12.5 Å². The normalized spacial score (nSPS) is 14.1. The molecule has 0 saturated carbocycles. The van der Waals surface area contributed by atoms with E-state index in [9.17, 15) is 8.42 Å². The van der Waals surface area contributed by atoms with E-state index in [1.165, 1.54) is 4.31 Å². The summed E-state index contributed by atoms with van der Waals surface area (Å²) in [5, 5.41) is 8.08. The maximum absolute atomic E-state index is 11.3. The molecular weight excluding hydrogens is 212 g/mol. The lowest BCUT2D eigenvalue weighted by molar-refractivity contribution is 0.402. The van der Waals surface area contributed by atoms with Gasteiger partial charge in [-0.15, -0.1) is 11.6 Å². The Morgan fingerprint density at radius 2 is 2.15 bits per heavy atom. The summed E-state index contributed by atoms with van der Waals surface area (Å²) in [6.45, 7) is 3.95. The summed E-state index contributed by atoms with van der Waals surface area (Å²) in [5.41, 5.74) is 0. The molecule has 0 heterocycles. The van der Waals surface area contributed by atoms with Gasteiger partial charge < -0.3 is 0 Å². The first-order chi connectivity index (χ1) is 5.97.